The van der Waals surface area contributed by atoms with Gasteiger partial charge < -0.3 is 14.8 Å². The van der Waals surface area contributed by atoms with Crippen molar-refractivity contribution in [1.29, 1.82) is 0 Å². The molecule has 2 aromatic rings. The minimum absolute atomic E-state index is 0.0690. The van der Waals surface area contributed by atoms with Gasteiger partial charge in [0.25, 0.3) is 11.6 Å². The van der Waals surface area contributed by atoms with Crippen molar-refractivity contribution in [3.05, 3.63) is 56.0 Å². The molecule has 0 bridgehead atoms. The number of halogens is 1. The number of anilines is 1. The maximum absolute atomic E-state index is 12.6. The number of nitro groups is 1. The van der Waals surface area contributed by atoms with Gasteiger partial charge in [-0.1, -0.05) is 0 Å². The van der Waals surface area contributed by atoms with E-state index in [4.69, 9.17) is 9.47 Å². The summed E-state index contributed by atoms with van der Waals surface area (Å²) in [7, 11) is 0. The predicted molar refractivity (Wildman–Crippen MR) is 100 cm³/mol. The fourth-order valence-corrected chi connectivity index (χ4v) is 3.19. The highest BCUT2D eigenvalue weighted by molar-refractivity contribution is 9.10. The van der Waals surface area contributed by atoms with Crippen LogP contribution in [0, 0.1) is 10.1 Å². The van der Waals surface area contributed by atoms with E-state index < -0.39 is 10.8 Å². The van der Waals surface area contributed by atoms with Gasteiger partial charge in [-0.3, -0.25) is 14.9 Å². The van der Waals surface area contributed by atoms with Gasteiger partial charge in [-0.25, -0.2) is 0 Å². The lowest BCUT2D eigenvalue weighted by atomic mass is 10.1. The van der Waals surface area contributed by atoms with Crippen LogP contribution in [0.3, 0.4) is 0 Å². The van der Waals surface area contributed by atoms with Crippen molar-refractivity contribution < 1.29 is 19.2 Å². The average molecular weight is 421 g/mol. The zero-order valence-corrected chi connectivity index (χ0v) is 15.8. The van der Waals surface area contributed by atoms with Gasteiger partial charge in [-0.05, 0) is 48.0 Å². The number of ether oxygens (including phenoxy) is 2. The van der Waals surface area contributed by atoms with Gasteiger partial charge in [0.1, 0.15) is 17.6 Å². The van der Waals surface area contributed by atoms with Crippen molar-refractivity contribution in [2.45, 2.75) is 26.4 Å². The molecule has 26 heavy (non-hydrogen) atoms. The first-order chi connectivity index (χ1) is 12.4. The third-order valence-corrected chi connectivity index (χ3v) is 4.62. The van der Waals surface area contributed by atoms with E-state index in [9.17, 15) is 14.9 Å². The summed E-state index contributed by atoms with van der Waals surface area (Å²) in [4.78, 5) is 23.1. The Bertz CT molecular complexity index is 884. The van der Waals surface area contributed by atoms with Crippen molar-refractivity contribution in [1.82, 2.24) is 0 Å². The first-order valence-corrected chi connectivity index (χ1v) is 8.90. The van der Waals surface area contributed by atoms with Crippen molar-refractivity contribution in [2.75, 3.05) is 11.9 Å². The monoisotopic (exact) mass is 420 g/mol. The third-order valence-electron chi connectivity index (χ3n) is 3.95. The van der Waals surface area contributed by atoms with Crippen LogP contribution in [0.15, 0.2) is 34.8 Å². The number of carbonyl (C=O) groups excluding carboxylic acids is 1. The van der Waals surface area contributed by atoms with Crippen LogP contribution in [0.1, 0.15) is 29.8 Å². The number of nitrogens with zero attached hydrogens (tertiary/aromatic N) is 1. The molecule has 7 nitrogen and oxygen atoms in total. The van der Waals surface area contributed by atoms with Crippen molar-refractivity contribution in [2.24, 2.45) is 0 Å². The van der Waals surface area contributed by atoms with Crippen LogP contribution in [0.2, 0.25) is 0 Å². The van der Waals surface area contributed by atoms with Gasteiger partial charge in [-0.15, -0.1) is 0 Å². The molecule has 0 spiro atoms. The van der Waals surface area contributed by atoms with Crippen LogP contribution in [0.4, 0.5) is 11.4 Å². The first kappa shape index (κ1) is 18.2. The molecule has 1 N–H and O–H groups in total. The lowest BCUT2D eigenvalue weighted by Crippen LogP contribution is -2.13. The number of amides is 1. The van der Waals surface area contributed by atoms with Crippen molar-refractivity contribution >= 4 is 33.2 Å². The number of hydrogen-bond acceptors (Lipinski definition) is 5. The molecule has 1 heterocycles. The summed E-state index contributed by atoms with van der Waals surface area (Å²) in [5, 5.41) is 13.8. The minimum atomic E-state index is -0.545. The third kappa shape index (κ3) is 3.65. The van der Waals surface area contributed by atoms with E-state index in [0.717, 1.165) is 12.0 Å². The summed E-state index contributed by atoms with van der Waals surface area (Å²) >= 11 is 3.11. The summed E-state index contributed by atoms with van der Waals surface area (Å²) in [6, 6.07) is 7.81. The van der Waals surface area contributed by atoms with Crippen molar-refractivity contribution in [3.8, 4) is 11.5 Å². The lowest BCUT2D eigenvalue weighted by molar-refractivity contribution is -0.385. The van der Waals surface area contributed by atoms with Gasteiger partial charge in [0, 0.05) is 29.7 Å². The summed E-state index contributed by atoms with van der Waals surface area (Å²) < 4.78 is 11.7. The summed E-state index contributed by atoms with van der Waals surface area (Å²) in [6.45, 7) is 4.28. The molecule has 0 radical (unpaired) electrons. The van der Waals surface area contributed by atoms with Crippen LogP contribution in [-0.4, -0.2) is 23.5 Å². The molecule has 1 amide bonds. The molecule has 136 valence electrons. The van der Waals surface area contributed by atoms with Crippen molar-refractivity contribution in [3.63, 3.8) is 0 Å². The molecule has 0 aromatic heterocycles. The minimum Gasteiger partial charge on any atom is -0.492 e. The Labute approximate surface area is 158 Å². The summed E-state index contributed by atoms with van der Waals surface area (Å²) in [6.07, 6.45) is 0.849. The number of carbonyl (C=O) groups is 1. The normalized spacial score (nSPS) is 15.1. The fourth-order valence-electron chi connectivity index (χ4n) is 2.80. The molecule has 1 aliphatic heterocycles. The summed E-state index contributed by atoms with van der Waals surface area (Å²) in [5.41, 5.74) is 1.50. The smallest absolute Gasteiger partial charge is 0.284 e. The van der Waals surface area contributed by atoms with Gasteiger partial charge in [0.15, 0.2) is 0 Å². The second kappa shape index (κ2) is 7.33. The maximum atomic E-state index is 12.6. The largest absolute Gasteiger partial charge is 0.492 e. The molecule has 0 aliphatic carbocycles. The van der Waals surface area contributed by atoms with E-state index in [2.05, 4.69) is 21.2 Å². The highest BCUT2D eigenvalue weighted by atomic mass is 79.9. The van der Waals surface area contributed by atoms with Crippen LogP contribution < -0.4 is 14.8 Å². The molecule has 0 fully saturated rings. The Kier molecular flexibility index (Phi) is 5.13. The predicted octanol–water partition coefficient (Wildman–Crippen LogP) is 4.33. The second-order valence-electron chi connectivity index (χ2n) is 5.90. The van der Waals surface area contributed by atoms with E-state index in [-0.39, 0.29) is 17.4 Å². The molecule has 0 saturated carbocycles. The molecule has 2 aromatic carbocycles. The Balaban J connectivity index is 1.91. The average Bonchev–Trinajstić information content (AvgIpc) is 2.94. The van der Waals surface area contributed by atoms with Crippen LogP contribution >= 0.6 is 15.9 Å². The quantitative estimate of drug-likeness (QED) is 0.573. The highest BCUT2D eigenvalue weighted by Crippen LogP contribution is 2.38. The number of benzene rings is 2. The number of nitro benzene ring substituents is 1. The first-order valence-electron chi connectivity index (χ1n) is 8.10. The van der Waals surface area contributed by atoms with E-state index in [1.807, 2.05) is 19.9 Å². The van der Waals surface area contributed by atoms with E-state index in [0.29, 0.717) is 28.3 Å². The molecular weight excluding hydrogens is 404 g/mol. The van der Waals surface area contributed by atoms with E-state index in [1.165, 1.54) is 18.2 Å². The van der Waals surface area contributed by atoms with Gasteiger partial charge in [0.05, 0.1) is 21.7 Å². The molecule has 0 saturated heterocycles. The maximum Gasteiger partial charge on any atom is 0.284 e. The van der Waals surface area contributed by atoms with Crippen LogP contribution in [-0.2, 0) is 6.42 Å². The van der Waals surface area contributed by atoms with Gasteiger partial charge >= 0.3 is 0 Å². The van der Waals surface area contributed by atoms with Crippen LogP contribution in [0.25, 0.3) is 0 Å². The van der Waals surface area contributed by atoms with Crippen LogP contribution in [0.5, 0.6) is 11.5 Å². The molecule has 1 aliphatic rings. The molecule has 0 unspecified atom stereocenters. The SMILES string of the molecule is CCOc1cc2c(cc1NC(=O)c1ccc(Br)c([N+](=O)[O-])c1)O[C@@H](C)C2. The number of nitrogens with one attached hydrogen (secondary N) is 1. The van der Waals surface area contributed by atoms with E-state index in [1.54, 1.807) is 6.07 Å². The molecular formula is C18H17BrN2O5. The Morgan fingerprint density at radius 2 is 2.19 bits per heavy atom. The number of hydrogen-bond donors (Lipinski definition) is 1. The molecule has 8 heteroatoms. The zero-order chi connectivity index (χ0) is 18.8. The van der Waals surface area contributed by atoms with Gasteiger partial charge in [0.2, 0.25) is 0 Å². The standard InChI is InChI=1S/C18H17BrN2O5/c1-3-25-17-8-12-6-10(2)26-16(12)9-14(17)20-18(22)11-4-5-13(19)15(7-11)21(23)24/h4-5,7-10H,3,6H2,1-2H3,(H,20,22)/t10-/m0/s1. The summed E-state index contributed by atoms with van der Waals surface area (Å²) in [5.74, 6) is 0.787. The number of rotatable bonds is 5. The fraction of sp³-hybridized carbons (Fsp3) is 0.278. The Morgan fingerprint density at radius 3 is 2.88 bits per heavy atom. The number of fused-ring (bicyclic) bond motifs is 1. The van der Waals surface area contributed by atoms with Gasteiger partial charge in [-0.2, -0.15) is 0 Å². The zero-order valence-electron chi connectivity index (χ0n) is 14.2. The van der Waals surface area contributed by atoms with E-state index >= 15 is 0 Å². The topological polar surface area (TPSA) is 90.7 Å². The molecule has 1 atom stereocenters. The highest BCUT2D eigenvalue weighted by Gasteiger charge is 2.23. The molecule has 3 rings (SSSR count). The Hall–Kier alpha value is -2.61. The lowest BCUT2D eigenvalue weighted by Gasteiger charge is -2.13. The second-order valence-corrected chi connectivity index (χ2v) is 6.75. The Morgan fingerprint density at radius 1 is 1.42 bits per heavy atom.